The molecule has 0 aromatic rings. The first-order chi connectivity index (χ1) is 12.4. The van der Waals surface area contributed by atoms with Crippen LogP contribution in [0.5, 0.6) is 0 Å². The average molecular weight is 363 g/mol. The molecule has 0 aromatic carbocycles. The molecule has 5 rings (SSSR count). The van der Waals surface area contributed by atoms with Gasteiger partial charge in [0.25, 0.3) is 0 Å². The van der Waals surface area contributed by atoms with Crippen LogP contribution >= 0.6 is 0 Å². The molecule has 4 saturated carbocycles. The third-order valence-electron chi connectivity index (χ3n) is 7.75. The SMILES string of the molecule is CN(CC(=O)O)C1CCCN(C(=O)CC23CC4CC(CC(C4)C2)C3)CC1. The Morgan fingerprint density at radius 1 is 1.04 bits per heavy atom. The van der Waals surface area contributed by atoms with Crippen molar-refractivity contribution < 1.29 is 14.7 Å². The summed E-state index contributed by atoms with van der Waals surface area (Å²) >= 11 is 0. The summed E-state index contributed by atoms with van der Waals surface area (Å²) in [5, 5.41) is 9.01. The number of carboxylic acids is 1. The van der Waals surface area contributed by atoms with E-state index >= 15 is 0 Å². The molecular weight excluding hydrogens is 328 g/mol. The van der Waals surface area contributed by atoms with E-state index in [1.165, 1.54) is 38.5 Å². The first kappa shape index (κ1) is 18.3. The Labute approximate surface area is 157 Å². The minimum atomic E-state index is -0.772. The molecule has 1 aliphatic heterocycles. The van der Waals surface area contributed by atoms with E-state index in [4.69, 9.17) is 5.11 Å². The highest BCUT2D eigenvalue weighted by Crippen LogP contribution is 2.61. The summed E-state index contributed by atoms with van der Waals surface area (Å²) in [5.41, 5.74) is 0.317. The number of carboxylic acid groups (broad SMARTS) is 1. The van der Waals surface area contributed by atoms with Crippen LogP contribution in [0.25, 0.3) is 0 Å². The number of carbonyl (C=O) groups is 2. The number of likely N-dealkylation sites (N-methyl/N-ethyl adjacent to an activating group) is 1. The van der Waals surface area contributed by atoms with Gasteiger partial charge in [0.15, 0.2) is 0 Å². The normalized spacial score (nSPS) is 39.2. The predicted molar refractivity (Wildman–Crippen MR) is 99.7 cm³/mol. The van der Waals surface area contributed by atoms with Crippen LogP contribution < -0.4 is 0 Å². The smallest absolute Gasteiger partial charge is 0.317 e. The molecule has 4 aliphatic carbocycles. The molecule has 5 fully saturated rings. The van der Waals surface area contributed by atoms with Crippen molar-refractivity contribution in [1.82, 2.24) is 9.80 Å². The number of hydrogen-bond acceptors (Lipinski definition) is 3. The van der Waals surface area contributed by atoms with E-state index in [2.05, 4.69) is 4.90 Å². The standard InChI is InChI=1S/C21H34N2O3/c1-22(14-20(25)26)18-3-2-5-23(6-4-18)19(24)13-21-10-15-7-16(11-21)9-17(8-15)12-21/h15-18H,2-14H2,1H3,(H,25,26). The second kappa shape index (κ2) is 7.14. The quantitative estimate of drug-likeness (QED) is 0.817. The molecule has 5 heteroatoms. The summed E-state index contributed by atoms with van der Waals surface area (Å²) in [6, 6.07) is 0.281. The molecule has 1 N–H and O–H groups in total. The topological polar surface area (TPSA) is 60.9 Å². The van der Waals surface area contributed by atoms with Gasteiger partial charge < -0.3 is 10.0 Å². The predicted octanol–water partition coefficient (Wildman–Crippen LogP) is 2.99. The Morgan fingerprint density at radius 3 is 2.23 bits per heavy atom. The Bertz CT molecular complexity index is 526. The lowest BCUT2D eigenvalue weighted by Crippen LogP contribution is -2.48. The van der Waals surface area contributed by atoms with E-state index < -0.39 is 5.97 Å². The van der Waals surface area contributed by atoms with Gasteiger partial charge in [0.05, 0.1) is 6.54 Å². The highest BCUT2D eigenvalue weighted by molar-refractivity contribution is 5.77. The average Bonchev–Trinajstić information content (AvgIpc) is 2.78. The molecule has 26 heavy (non-hydrogen) atoms. The molecule has 4 bridgehead atoms. The highest BCUT2D eigenvalue weighted by atomic mass is 16.4. The Morgan fingerprint density at radius 2 is 1.65 bits per heavy atom. The fourth-order valence-corrected chi connectivity index (χ4v) is 7.05. The number of hydrogen-bond donors (Lipinski definition) is 1. The fraction of sp³-hybridized carbons (Fsp3) is 0.905. The molecule has 0 aromatic heterocycles. The van der Waals surface area contributed by atoms with Crippen LogP contribution in [0.4, 0.5) is 0 Å². The summed E-state index contributed by atoms with van der Waals surface area (Å²) in [4.78, 5) is 28.1. The number of carbonyl (C=O) groups excluding carboxylic acids is 1. The van der Waals surface area contributed by atoms with Crippen LogP contribution in [0.15, 0.2) is 0 Å². The van der Waals surface area contributed by atoms with E-state index in [0.29, 0.717) is 11.3 Å². The summed E-state index contributed by atoms with van der Waals surface area (Å²) in [7, 11) is 1.89. The van der Waals surface area contributed by atoms with Crippen molar-refractivity contribution in [3.05, 3.63) is 0 Å². The summed E-state index contributed by atoms with van der Waals surface area (Å²) in [6.07, 6.45) is 11.8. The Kier molecular flexibility index (Phi) is 5.02. The van der Waals surface area contributed by atoms with E-state index in [1.54, 1.807) is 0 Å². The van der Waals surface area contributed by atoms with Crippen LogP contribution in [0, 0.1) is 23.2 Å². The van der Waals surface area contributed by atoms with Gasteiger partial charge in [0.2, 0.25) is 5.91 Å². The maximum Gasteiger partial charge on any atom is 0.317 e. The van der Waals surface area contributed by atoms with Crippen LogP contribution in [0.1, 0.15) is 64.2 Å². The van der Waals surface area contributed by atoms with Gasteiger partial charge in [0, 0.05) is 25.6 Å². The number of nitrogens with zero attached hydrogens (tertiary/aromatic N) is 2. The van der Waals surface area contributed by atoms with Crippen molar-refractivity contribution in [3.8, 4) is 0 Å². The van der Waals surface area contributed by atoms with Gasteiger partial charge in [-0.15, -0.1) is 0 Å². The lowest BCUT2D eigenvalue weighted by atomic mass is 9.49. The van der Waals surface area contributed by atoms with Gasteiger partial charge >= 0.3 is 5.97 Å². The van der Waals surface area contributed by atoms with Gasteiger partial charge in [-0.25, -0.2) is 0 Å². The van der Waals surface area contributed by atoms with Gasteiger partial charge in [0.1, 0.15) is 0 Å². The molecule has 0 radical (unpaired) electrons. The second-order valence-corrected chi connectivity index (χ2v) is 9.87. The molecule has 1 amide bonds. The maximum absolute atomic E-state index is 13.1. The molecule has 1 heterocycles. The molecular formula is C21H34N2O3. The largest absolute Gasteiger partial charge is 0.480 e. The molecule has 1 saturated heterocycles. The molecule has 5 aliphatic rings. The first-order valence-electron chi connectivity index (χ1n) is 10.6. The van der Waals surface area contributed by atoms with Crippen LogP contribution in [-0.2, 0) is 9.59 Å². The number of aliphatic carboxylic acids is 1. The summed E-state index contributed by atoms with van der Waals surface area (Å²) in [5.74, 6) is 2.28. The highest BCUT2D eigenvalue weighted by Gasteiger charge is 2.51. The zero-order valence-electron chi connectivity index (χ0n) is 16.2. The van der Waals surface area contributed by atoms with Gasteiger partial charge in [-0.05, 0) is 88.0 Å². The van der Waals surface area contributed by atoms with Crippen molar-refractivity contribution in [3.63, 3.8) is 0 Å². The Hall–Kier alpha value is -1.10. The number of rotatable bonds is 5. The summed E-state index contributed by atoms with van der Waals surface area (Å²) < 4.78 is 0. The van der Waals surface area contributed by atoms with E-state index in [1.807, 2.05) is 11.9 Å². The minimum Gasteiger partial charge on any atom is -0.480 e. The fourth-order valence-electron chi connectivity index (χ4n) is 7.05. The summed E-state index contributed by atoms with van der Waals surface area (Å²) in [6.45, 7) is 1.73. The third kappa shape index (κ3) is 3.78. The van der Waals surface area contributed by atoms with Crippen molar-refractivity contribution in [2.75, 3.05) is 26.7 Å². The van der Waals surface area contributed by atoms with Gasteiger partial charge in [-0.1, -0.05) is 0 Å². The maximum atomic E-state index is 13.1. The number of amides is 1. The minimum absolute atomic E-state index is 0.0892. The molecule has 0 spiro atoms. The second-order valence-electron chi connectivity index (χ2n) is 9.87. The zero-order valence-corrected chi connectivity index (χ0v) is 16.2. The molecule has 1 unspecified atom stereocenters. The number of likely N-dealkylation sites (tertiary alicyclic amines) is 1. The first-order valence-corrected chi connectivity index (χ1v) is 10.6. The van der Waals surface area contributed by atoms with Crippen LogP contribution in [-0.4, -0.2) is 59.5 Å². The van der Waals surface area contributed by atoms with E-state index in [0.717, 1.165) is 56.5 Å². The van der Waals surface area contributed by atoms with Gasteiger partial charge in [-0.3, -0.25) is 14.5 Å². The monoisotopic (exact) mass is 362 g/mol. The Balaban J connectivity index is 1.33. The lowest BCUT2D eigenvalue weighted by molar-refractivity contribution is -0.140. The molecule has 146 valence electrons. The molecule has 1 atom stereocenters. The van der Waals surface area contributed by atoms with Crippen molar-refractivity contribution in [2.45, 2.75) is 70.3 Å². The lowest BCUT2D eigenvalue weighted by Gasteiger charge is -2.57. The van der Waals surface area contributed by atoms with Crippen molar-refractivity contribution >= 4 is 11.9 Å². The van der Waals surface area contributed by atoms with Gasteiger partial charge in [-0.2, -0.15) is 0 Å². The van der Waals surface area contributed by atoms with Crippen molar-refractivity contribution in [2.24, 2.45) is 23.2 Å². The van der Waals surface area contributed by atoms with E-state index in [-0.39, 0.29) is 12.6 Å². The van der Waals surface area contributed by atoms with E-state index in [9.17, 15) is 9.59 Å². The zero-order chi connectivity index (χ0) is 18.3. The van der Waals surface area contributed by atoms with Crippen LogP contribution in [0.2, 0.25) is 0 Å². The van der Waals surface area contributed by atoms with Crippen molar-refractivity contribution in [1.29, 1.82) is 0 Å². The molecule has 5 nitrogen and oxygen atoms in total. The van der Waals surface area contributed by atoms with Crippen LogP contribution in [0.3, 0.4) is 0 Å². The third-order valence-corrected chi connectivity index (χ3v) is 7.75.